The van der Waals surface area contributed by atoms with Gasteiger partial charge in [-0.15, -0.1) is 11.3 Å². The average Bonchev–Trinajstić information content (AvgIpc) is 3.63. The van der Waals surface area contributed by atoms with Crippen LogP contribution in [0.3, 0.4) is 0 Å². The van der Waals surface area contributed by atoms with Crippen LogP contribution in [-0.4, -0.2) is 0 Å². The lowest BCUT2D eigenvalue weighted by atomic mass is 9.50. The van der Waals surface area contributed by atoms with Gasteiger partial charge in [-0.3, -0.25) is 0 Å². The van der Waals surface area contributed by atoms with E-state index in [1.807, 2.05) is 11.3 Å². The molecule has 8 aromatic rings. The molecule has 3 aliphatic carbocycles. The molecule has 3 fully saturated rings. The van der Waals surface area contributed by atoms with Gasteiger partial charge < -0.3 is 9.80 Å². The topological polar surface area (TPSA) is 6.48 Å². The van der Waals surface area contributed by atoms with Crippen molar-refractivity contribution in [2.45, 2.75) is 50.4 Å². The summed E-state index contributed by atoms with van der Waals surface area (Å²) < 4.78 is 2.64. The fraction of sp³-hybridized carbons (Fsp3) is 0.208. The molecule has 0 radical (unpaired) electrons. The number of nitrogens with zero attached hydrogens (tertiary/aromatic N) is 2. The molecule has 4 atom stereocenters. The van der Waals surface area contributed by atoms with Crippen LogP contribution in [0.25, 0.3) is 31.3 Å². The van der Waals surface area contributed by atoms with Crippen molar-refractivity contribution in [1.82, 2.24) is 0 Å². The highest BCUT2D eigenvalue weighted by atomic mass is 32.1. The van der Waals surface area contributed by atoms with Crippen molar-refractivity contribution in [2.24, 2.45) is 17.8 Å². The van der Waals surface area contributed by atoms with Crippen LogP contribution in [-0.2, 0) is 5.41 Å². The van der Waals surface area contributed by atoms with Crippen LogP contribution in [0, 0.1) is 17.8 Å². The Hall–Kier alpha value is -5.64. The largest absolute Gasteiger partial charge is 0.310 e. The summed E-state index contributed by atoms with van der Waals surface area (Å²) in [5.41, 5.74) is 11.2. The highest BCUT2D eigenvalue weighted by molar-refractivity contribution is 7.25. The zero-order valence-corrected chi connectivity index (χ0v) is 32.5. The minimum absolute atomic E-state index is 0.348. The first kappa shape index (κ1) is 33.7. The molecule has 0 N–H and O–H groups in total. The second-order valence-corrected chi connectivity index (χ2v) is 17.7. The molecule has 0 amide bonds. The van der Waals surface area contributed by atoms with E-state index in [2.05, 4.69) is 186 Å². The molecule has 2 nitrogen and oxygen atoms in total. The second-order valence-electron chi connectivity index (χ2n) is 16.7. The van der Waals surface area contributed by atoms with Gasteiger partial charge in [-0.2, -0.15) is 0 Å². The number of para-hydroxylation sites is 2. The lowest BCUT2D eigenvalue weighted by Gasteiger charge is -2.55. The summed E-state index contributed by atoms with van der Waals surface area (Å²) in [4.78, 5) is 4.90. The van der Waals surface area contributed by atoms with Gasteiger partial charge >= 0.3 is 0 Å². The quantitative estimate of drug-likeness (QED) is 0.153. The van der Waals surface area contributed by atoms with Crippen molar-refractivity contribution in [3.8, 4) is 11.1 Å². The van der Waals surface area contributed by atoms with Crippen molar-refractivity contribution in [1.29, 1.82) is 0 Å². The van der Waals surface area contributed by atoms with Gasteiger partial charge in [0.05, 0.1) is 5.69 Å². The standard InChI is InChI=1S/C53H46N2S/c1-3-12-39(13-4-1)47-18-7-9-20-50(47)55(43-26-24-41(25-27-43)53-31-30-38-23-22-37(35-53)32-40(38)36-53)45-17-11-16-44(33-45)54(42-14-5-2-6-15-42)46-28-29-52-49(34-46)48-19-8-10-21-51(48)56-52/h1-21,24-29,33-34,37-38,40H,22-23,30-32,35-36H2. The molecule has 7 aromatic carbocycles. The molecule has 11 rings (SSSR count). The van der Waals surface area contributed by atoms with Crippen LogP contribution in [0.5, 0.6) is 0 Å². The molecule has 0 spiro atoms. The Morgan fingerprint density at radius 3 is 1.98 bits per heavy atom. The van der Waals surface area contributed by atoms with Gasteiger partial charge in [0.15, 0.2) is 0 Å². The van der Waals surface area contributed by atoms with Crippen molar-refractivity contribution in [2.75, 3.05) is 9.80 Å². The molecule has 3 bridgehead atoms. The molecular formula is C53H46N2S. The van der Waals surface area contributed by atoms with Crippen LogP contribution < -0.4 is 9.80 Å². The van der Waals surface area contributed by atoms with Crippen molar-refractivity contribution in [3.05, 3.63) is 181 Å². The molecule has 3 saturated carbocycles. The zero-order chi connectivity index (χ0) is 37.1. The maximum absolute atomic E-state index is 2.50. The van der Waals surface area contributed by atoms with Crippen molar-refractivity contribution < 1.29 is 0 Å². The molecular weight excluding hydrogens is 697 g/mol. The molecule has 3 aliphatic rings. The molecule has 3 heteroatoms. The number of anilines is 6. The van der Waals surface area contributed by atoms with E-state index in [-0.39, 0.29) is 0 Å². The summed E-state index contributed by atoms with van der Waals surface area (Å²) in [5.74, 6) is 2.81. The van der Waals surface area contributed by atoms with E-state index in [9.17, 15) is 0 Å². The Morgan fingerprint density at radius 1 is 0.464 bits per heavy atom. The highest BCUT2D eigenvalue weighted by Crippen LogP contribution is 2.59. The van der Waals surface area contributed by atoms with Crippen LogP contribution in [0.15, 0.2) is 176 Å². The summed E-state index contributed by atoms with van der Waals surface area (Å²) in [6, 6.07) is 65.3. The first-order valence-electron chi connectivity index (χ1n) is 20.6. The predicted molar refractivity (Wildman–Crippen MR) is 239 cm³/mol. The Labute approximate surface area is 334 Å². The minimum atomic E-state index is 0.348. The molecule has 4 unspecified atom stereocenters. The van der Waals surface area contributed by atoms with E-state index in [0.717, 1.165) is 40.5 Å². The SMILES string of the molecule is c1ccc(-c2ccccc2N(c2ccc(C34CCC5CCC(CC5C3)C4)cc2)c2cccc(N(c3ccccc3)c3ccc4sc5ccccc5c4c3)c2)cc1. The zero-order valence-electron chi connectivity index (χ0n) is 31.7. The highest BCUT2D eigenvalue weighted by Gasteiger charge is 2.49. The minimum Gasteiger partial charge on any atom is -0.310 e. The summed E-state index contributed by atoms with van der Waals surface area (Å²) in [7, 11) is 0. The number of fused-ring (bicyclic) bond motifs is 5. The Bertz CT molecular complexity index is 2660. The monoisotopic (exact) mass is 742 g/mol. The van der Waals surface area contributed by atoms with E-state index in [0.29, 0.717) is 5.41 Å². The number of rotatable bonds is 8. The summed E-state index contributed by atoms with van der Waals surface area (Å²) in [5, 5.41) is 2.61. The van der Waals surface area contributed by atoms with Crippen LogP contribution in [0.1, 0.15) is 50.5 Å². The van der Waals surface area contributed by atoms with Crippen LogP contribution in [0.2, 0.25) is 0 Å². The van der Waals surface area contributed by atoms with Crippen LogP contribution >= 0.6 is 11.3 Å². The number of hydrogen-bond acceptors (Lipinski definition) is 3. The van der Waals surface area contributed by atoms with E-state index < -0.39 is 0 Å². The van der Waals surface area contributed by atoms with Gasteiger partial charge in [0.25, 0.3) is 0 Å². The third kappa shape index (κ3) is 5.83. The summed E-state index contributed by atoms with van der Waals surface area (Å²) in [6.07, 6.45) is 9.92. The van der Waals surface area contributed by atoms with Crippen molar-refractivity contribution in [3.63, 3.8) is 0 Å². The maximum Gasteiger partial charge on any atom is 0.0540 e. The molecule has 274 valence electrons. The molecule has 0 saturated heterocycles. The van der Waals surface area contributed by atoms with E-state index >= 15 is 0 Å². The van der Waals surface area contributed by atoms with E-state index in [1.165, 1.54) is 87.6 Å². The van der Waals surface area contributed by atoms with Gasteiger partial charge in [-0.1, -0.05) is 110 Å². The van der Waals surface area contributed by atoms with Gasteiger partial charge in [0.1, 0.15) is 0 Å². The summed E-state index contributed by atoms with van der Waals surface area (Å²) in [6.45, 7) is 0. The fourth-order valence-electron chi connectivity index (χ4n) is 11.0. The molecule has 0 aliphatic heterocycles. The average molecular weight is 743 g/mol. The lowest BCUT2D eigenvalue weighted by Crippen LogP contribution is -2.46. The van der Waals surface area contributed by atoms with Gasteiger partial charge in [-0.05, 0) is 146 Å². The molecule has 1 heterocycles. The van der Waals surface area contributed by atoms with Crippen LogP contribution in [0.4, 0.5) is 34.1 Å². The third-order valence-electron chi connectivity index (χ3n) is 13.5. The maximum atomic E-state index is 2.50. The Balaban J connectivity index is 1.05. The summed E-state index contributed by atoms with van der Waals surface area (Å²) >= 11 is 1.87. The first-order valence-corrected chi connectivity index (χ1v) is 21.4. The Morgan fingerprint density at radius 2 is 1.12 bits per heavy atom. The number of thiophene rings is 1. The van der Waals surface area contributed by atoms with E-state index in [1.54, 1.807) is 5.56 Å². The van der Waals surface area contributed by atoms with Gasteiger partial charge in [0.2, 0.25) is 0 Å². The van der Waals surface area contributed by atoms with Gasteiger partial charge in [0, 0.05) is 54.2 Å². The predicted octanol–water partition coefficient (Wildman–Crippen LogP) is 15.5. The smallest absolute Gasteiger partial charge is 0.0540 e. The number of hydrogen-bond donors (Lipinski definition) is 0. The Kier molecular flexibility index (Phi) is 8.32. The lowest BCUT2D eigenvalue weighted by molar-refractivity contribution is 0.00964. The van der Waals surface area contributed by atoms with Gasteiger partial charge in [-0.25, -0.2) is 0 Å². The second kappa shape index (κ2) is 13.8. The fourth-order valence-corrected chi connectivity index (χ4v) is 12.1. The molecule has 1 aromatic heterocycles. The van der Waals surface area contributed by atoms with Crippen molar-refractivity contribution >= 4 is 65.6 Å². The molecule has 56 heavy (non-hydrogen) atoms. The normalized spacial score (nSPS) is 21.3. The number of benzene rings is 7. The van der Waals surface area contributed by atoms with E-state index in [4.69, 9.17) is 0 Å². The third-order valence-corrected chi connectivity index (χ3v) is 14.7. The first-order chi connectivity index (χ1) is 27.7.